The van der Waals surface area contributed by atoms with Crippen molar-refractivity contribution in [2.45, 2.75) is 59.0 Å². The van der Waals surface area contributed by atoms with Gasteiger partial charge in [0, 0.05) is 12.0 Å². The molecule has 2 amide bonds. The van der Waals surface area contributed by atoms with Crippen molar-refractivity contribution in [2.24, 2.45) is 5.92 Å². The lowest BCUT2D eigenvalue weighted by Gasteiger charge is -2.25. The number of esters is 1. The van der Waals surface area contributed by atoms with Gasteiger partial charge < -0.3 is 15.4 Å². The number of aryl methyl sites for hydroxylation is 1. The molecular formula is C26H34N2O4. The van der Waals surface area contributed by atoms with E-state index in [1.807, 2.05) is 70.2 Å². The molecule has 172 valence electrons. The molecular weight excluding hydrogens is 404 g/mol. The Morgan fingerprint density at radius 2 is 1.53 bits per heavy atom. The van der Waals surface area contributed by atoms with Crippen LogP contribution in [0, 0.1) is 5.92 Å². The van der Waals surface area contributed by atoms with Crippen molar-refractivity contribution in [3.63, 3.8) is 0 Å². The van der Waals surface area contributed by atoms with E-state index < -0.39 is 24.0 Å². The molecule has 32 heavy (non-hydrogen) atoms. The second-order valence-corrected chi connectivity index (χ2v) is 8.16. The Hall–Kier alpha value is -3.15. The smallest absolute Gasteiger partial charge is 0.328 e. The normalized spacial score (nSPS) is 12.7. The Balaban J connectivity index is 2.13. The largest absolute Gasteiger partial charge is 0.464 e. The highest BCUT2D eigenvalue weighted by atomic mass is 16.5. The Morgan fingerprint density at radius 3 is 2.09 bits per heavy atom. The average molecular weight is 439 g/mol. The third-order valence-corrected chi connectivity index (χ3v) is 5.19. The van der Waals surface area contributed by atoms with Gasteiger partial charge in [0.15, 0.2) is 0 Å². The summed E-state index contributed by atoms with van der Waals surface area (Å²) in [5.74, 6) is -1.38. The van der Waals surface area contributed by atoms with E-state index in [0.29, 0.717) is 18.4 Å². The third kappa shape index (κ3) is 7.52. The lowest BCUT2D eigenvalue weighted by Crippen LogP contribution is -2.54. The average Bonchev–Trinajstić information content (AvgIpc) is 2.80. The van der Waals surface area contributed by atoms with E-state index in [9.17, 15) is 14.4 Å². The van der Waals surface area contributed by atoms with E-state index in [2.05, 4.69) is 10.6 Å². The van der Waals surface area contributed by atoms with Crippen molar-refractivity contribution in [1.82, 2.24) is 10.6 Å². The summed E-state index contributed by atoms with van der Waals surface area (Å²) in [5, 5.41) is 5.62. The van der Waals surface area contributed by atoms with Gasteiger partial charge in [-0.15, -0.1) is 0 Å². The zero-order valence-electron chi connectivity index (χ0n) is 19.4. The molecule has 2 aromatic rings. The van der Waals surface area contributed by atoms with Gasteiger partial charge in [-0.25, -0.2) is 4.79 Å². The predicted molar refractivity (Wildman–Crippen MR) is 125 cm³/mol. The fourth-order valence-electron chi connectivity index (χ4n) is 3.26. The Labute approximate surface area is 190 Å². The van der Waals surface area contributed by atoms with Gasteiger partial charge in [-0.2, -0.15) is 0 Å². The van der Waals surface area contributed by atoms with Crippen molar-refractivity contribution in [2.75, 3.05) is 6.61 Å². The first-order valence-electron chi connectivity index (χ1n) is 11.3. The topological polar surface area (TPSA) is 84.5 Å². The van der Waals surface area contributed by atoms with Crippen LogP contribution in [0.15, 0.2) is 54.6 Å². The summed E-state index contributed by atoms with van der Waals surface area (Å²) in [5.41, 5.74) is 2.53. The number of amides is 2. The standard InChI is InChI=1S/C26H34N2O4/c1-5-16-32-26(31)22(17-20-10-8-7-9-11-20)27-25(30)23(18(3)4)28-24(29)21-14-12-19(6-2)13-15-21/h7-15,18,22-23H,5-6,16-17H2,1-4H3,(H,27,30)(H,28,29). The molecule has 2 unspecified atom stereocenters. The minimum absolute atomic E-state index is 0.169. The summed E-state index contributed by atoms with van der Waals surface area (Å²) >= 11 is 0. The molecule has 6 heteroatoms. The van der Waals surface area contributed by atoms with Gasteiger partial charge in [0.25, 0.3) is 5.91 Å². The summed E-state index contributed by atoms with van der Waals surface area (Å²) in [6.07, 6.45) is 1.89. The van der Waals surface area contributed by atoms with Crippen LogP contribution >= 0.6 is 0 Å². The molecule has 2 atom stereocenters. The van der Waals surface area contributed by atoms with E-state index in [1.165, 1.54) is 0 Å². The number of nitrogens with one attached hydrogen (secondary N) is 2. The maximum absolute atomic E-state index is 13.1. The lowest BCUT2D eigenvalue weighted by atomic mass is 10.0. The number of hydrogen-bond donors (Lipinski definition) is 2. The van der Waals surface area contributed by atoms with Gasteiger partial charge in [0.2, 0.25) is 5.91 Å². The van der Waals surface area contributed by atoms with Crippen LogP contribution in [0.25, 0.3) is 0 Å². The number of hydrogen-bond acceptors (Lipinski definition) is 4. The highest BCUT2D eigenvalue weighted by Crippen LogP contribution is 2.10. The van der Waals surface area contributed by atoms with E-state index in [4.69, 9.17) is 4.74 Å². The molecule has 0 saturated heterocycles. The lowest BCUT2D eigenvalue weighted by molar-refractivity contribution is -0.148. The van der Waals surface area contributed by atoms with Crippen LogP contribution in [-0.2, 0) is 27.2 Å². The molecule has 0 bridgehead atoms. The molecule has 2 aromatic carbocycles. The van der Waals surface area contributed by atoms with Crippen LogP contribution in [-0.4, -0.2) is 36.5 Å². The van der Waals surface area contributed by atoms with Crippen molar-refractivity contribution in [3.8, 4) is 0 Å². The van der Waals surface area contributed by atoms with E-state index in [1.54, 1.807) is 12.1 Å². The van der Waals surface area contributed by atoms with Gasteiger partial charge in [0.05, 0.1) is 6.61 Å². The predicted octanol–water partition coefficient (Wildman–Crippen LogP) is 3.68. The highest BCUT2D eigenvalue weighted by molar-refractivity contribution is 5.98. The van der Waals surface area contributed by atoms with E-state index in [-0.39, 0.29) is 18.4 Å². The number of carbonyl (C=O) groups is 3. The fourth-order valence-corrected chi connectivity index (χ4v) is 3.26. The SMILES string of the molecule is CCCOC(=O)C(Cc1ccccc1)NC(=O)C(NC(=O)c1ccc(CC)cc1)C(C)C. The molecule has 0 aliphatic heterocycles. The summed E-state index contributed by atoms with van der Waals surface area (Å²) in [4.78, 5) is 38.4. The minimum atomic E-state index is -0.835. The third-order valence-electron chi connectivity index (χ3n) is 5.19. The minimum Gasteiger partial charge on any atom is -0.464 e. The van der Waals surface area contributed by atoms with Gasteiger partial charge in [0.1, 0.15) is 12.1 Å². The summed E-state index contributed by atoms with van der Waals surface area (Å²) in [7, 11) is 0. The monoisotopic (exact) mass is 438 g/mol. The molecule has 2 N–H and O–H groups in total. The molecule has 0 aliphatic carbocycles. The number of ether oxygens (including phenoxy) is 1. The molecule has 0 saturated carbocycles. The van der Waals surface area contributed by atoms with Crippen molar-refractivity contribution < 1.29 is 19.1 Å². The highest BCUT2D eigenvalue weighted by Gasteiger charge is 2.30. The molecule has 2 rings (SSSR count). The maximum atomic E-state index is 13.1. The zero-order chi connectivity index (χ0) is 23.5. The van der Waals surface area contributed by atoms with Crippen LogP contribution in [0.2, 0.25) is 0 Å². The summed E-state index contributed by atoms with van der Waals surface area (Å²) in [6, 6.07) is 15.1. The zero-order valence-corrected chi connectivity index (χ0v) is 19.4. The number of carbonyl (C=O) groups excluding carboxylic acids is 3. The summed E-state index contributed by atoms with van der Waals surface area (Å²) in [6.45, 7) is 7.96. The van der Waals surface area contributed by atoms with Crippen LogP contribution in [0.5, 0.6) is 0 Å². The maximum Gasteiger partial charge on any atom is 0.328 e. The molecule has 0 heterocycles. The first-order chi connectivity index (χ1) is 15.3. The second kappa shape index (κ2) is 12.6. The van der Waals surface area contributed by atoms with Gasteiger partial charge >= 0.3 is 5.97 Å². The van der Waals surface area contributed by atoms with Gasteiger partial charge in [-0.05, 0) is 42.0 Å². The van der Waals surface area contributed by atoms with E-state index in [0.717, 1.165) is 17.5 Å². The van der Waals surface area contributed by atoms with E-state index >= 15 is 0 Å². The number of rotatable bonds is 11. The molecule has 0 fully saturated rings. The molecule has 0 spiro atoms. The van der Waals surface area contributed by atoms with Crippen LogP contribution in [0.4, 0.5) is 0 Å². The first kappa shape index (κ1) is 25.1. The van der Waals surface area contributed by atoms with Crippen LogP contribution in [0.1, 0.15) is 55.6 Å². The molecule has 0 aromatic heterocycles. The van der Waals surface area contributed by atoms with Gasteiger partial charge in [-0.1, -0.05) is 70.2 Å². The van der Waals surface area contributed by atoms with Crippen molar-refractivity contribution in [3.05, 3.63) is 71.3 Å². The van der Waals surface area contributed by atoms with Gasteiger partial charge in [-0.3, -0.25) is 9.59 Å². The second-order valence-electron chi connectivity index (χ2n) is 8.16. The van der Waals surface area contributed by atoms with Crippen LogP contribution < -0.4 is 10.6 Å². The molecule has 6 nitrogen and oxygen atoms in total. The van der Waals surface area contributed by atoms with Crippen LogP contribution in [0.3, 0.4) is 0 Å². The molecule has 0 aliphatic rings. The fraction of sp³-hybridized carbons (Fsp3) is 0.423. The molecule has 0 radical (unpaired) electrons. The summed E-state index contributed by atoms with van der Waals surface area (Å²) < 4.78 is 5.30. The van der Waals surface area contributed by atoms with Crippen molar-refractivity contribution >= 4 is 17.8 Å². The van der Waals surface area contributed by atoms with Crippen molar-refractivity contribution in [1.29, 1.82) is 0 Å². The Bertz CT molecular complexity index is 878. The Kier molecular flexibility index (Phi) is 9.92. The number of benzene rings is 2. The first-order valence-corrected chi connectivity index (χ1v) is 11.3. The quantitative estimate of drug-likeness (QED) is 0.524. The Morgan fingerprint density at radius 1 is 0.875 bits per heavy atom.